The highest BCUT2D eigenvalue weighted by Gasteiger charge is 2.12. The molecule has 1 aromatic rings. The van der Waals surface area contributed by atoms with E-state index in [-0.39, 0.29) is 11.6 Å². The summed E-state index contributed by atoms with van der Waals surface area (Å²) in [7, 11) is 0. The number of carbonyl (C=O) groups is 1. The van der Waals surface area contributed by atoms with Gasteiger partial charge in [0.25, 0.3) is 0 Å². The summed E-state index contributed by atoms with van der Waals surface area (Å²) in [5.41, 5.74) is 4.31. The van der Waals surface area contributed by atoms with Crippen LogP contribution in [0.25, 0.3) is 0 Å². The number of carbonyl (C=O) groups excluding carboxylic acids is 1. The zero-order valence-electron chi connectivity index (χ0n) is 10.7. The van der Waals surface area contributed by atoms with Crippen LogP contribution in [-0.2, 0) is 0 Å². The van der Waals surface area contributed by atoms with Gasteiger partial charge in [0.05, 0.1) is 6.21 Å². The highest BCUT2D eigenvalue weighted by Crippen LogP contribution is 2.00. The summed E-state index contributed by atoms with van der Waals surface area (Å²) in [6, 6.07) is 7.58. The highest BCUT2D eigenvalue weighted by molar-refractivity contribution is 5.82. The topological polar surface area (TPSA) is 53.5 Å². The molecule has 0 saturated carbocycles. The third-order valence-electron chi connectivity index (χ3n) is 1.95. The highest BCUT2D eigenvalue weighted by atomic mass is 16.2. The minimum Gasteiger partial charge on any atom is -0.332 e. The van der Waals surface area contributed by atoms with E-state index >= 15 is 0 Å². The molecule has 0 heterocycles. The second kappa shape index (κ2) is 5.48. The van der Waals surface area contributed by atoms with Crippen molar-refractivity contribution in [3.05, 3.63) is 35.4 Å². The Bertz CT molecular complexity index is 402. The number of hydrogen-bond donors (Lipinski definition) is 2. The third kappa shape index (κ3) is 5.70. The van der Waals surface area contributed by atoms with Gasteiger partial charge in [0.2, 0.25) is 0 Å². The van der Waals surface area contributed by atoms with Crippen LogP contribution in [0, 0.1) is 6.92 Å². The van der Waals surface area contributed by atoms with Crippen molar-refractivity contribution in [1.82, 2.24) is 10.7 Å². The van der Waals surface area contributed by atoms with Crippen molar-refractivity contribution in [2.75, 3.05) is 0 Å². The van der Waals surface area contributed by atoms with Gasteiger partial charge in [0, 0.05) is 5.54 Å². The predicted molar refractivity (Wildman–Crippen MR) is 70.2 cm³/mol. The van der Waals surface area contributed by atoms with Crippen molar-refractivity contribution in [2.24, 2.45) is 5.10 Å². The quantitative estimate of drug-likeness (QED) is 0.598. The first-order chi connectivity index (χ1) is 7.87. The Hall–Kier alpha value is -1.84. The van der Waals surface area contributed by atoms with Gasteiger partial charge in [0.1, 0.15) is 0 Å². The normalized spacial score (nSPS) is 11.5. The first-order valence-corrected chi connectivity index (χ1v) is 5.55. The van der Waals surface area contributed by atoms with Crippen LogP contribution in [0.5, 0.6) is 0 Å². The second-order valence-corrected chi connectivity index (χ2v) is 4.98. The fraction of sp³-hybridized carbons (Fsp3) is 0.385. The van der Waals surface area contributed by atoms with E-state index in [2.05, 4.69) is 15.8 Å². The van der Waals surface area contributed by atoms with Crippen LogP contribution < -0.4 is 10.7 Å². The van der Waals surface area contributed by atoms with E-state index in [4.69, 9.17) is 0 Å². The van der Waals surface area contributed by atoms with Gasteiger partial charge in [-0.15, -0.1) is 0 Å². The number of urea groups is 1. The zero-order valence-corrected chi connectivity index (χ0v) is 10.7. The Morgan fingerprint density at radius 1 is 1.24 bits per heavy atom. The number of amides is 2. The van der Waals surface area contributed by atoms with Crippen molar-refractivity contribution < 1.29 is 4.79 Å². The maximum atomic E-state index is 11.4. The van der Waals surface area contributed by atoms with Gasteiger partial charge in [0.15, 0.2) is 0 Å². The largest absolute Gasteiger partial charge is 0.335 e. The number of rotatable bonds is 2. The smallest absolute Gasteiger partial charge is 0.332 e. The molecule has 0 aliphatic heterocycles. The molecule has 0 spiro atoms. The van der Waals surface area contributed by atoms with Gasteiger partial charge in [-0.3, -0.25) is 0 Å². The molecule has 17 heavy (non-hydrogen) atoms. The van der Waals surface area contributed by atoms with Crippen molar-refractivity contribution in [3.63, 3.8) is 0 Å². The number of hydrazone groups is 1. The number of aryl methyl sites for hydroxylation is 1. The molecular formula is C13H19N3O. The summed E-state index contributed by atoms with van der Waals surface area (Å²) in [5, 5.41) is 6.62. The summed E-state index contributed by atoms with van der Waals surface area (Å²) in [5.74, 6) is 0. The first-order valence-electron chi connectivity index (χ1n) is 5.55. The molecule has 1 aromatic carbocycles. The molecule has 0 aliphatic rings. The van der Waals surface area contributed by atoms with E-state index in [1.165, 1.54) is 5.56 Å². The molecule has 0 atom stereocenters. The molecule has 0 radical (unpaired) electrons. The van der Waals surface area contributed by atoms with Gasteiger partial charge in [-0.2, -0.15) is 5.10 Å². The van der Waals surface area contributed by atoms with Crippen molar-refractivity contribution in [2.45, 2.75) is 33.2 Å². The molecule has 0 unspecified atom stereocenters. The second-order valence-electron chi connectivity index (χ2n) is 4.98. The Morgan fingerprint density at radius 3 is 2.35 bits per heavy atom. The van der Waals surface area contributed by atoms with Crippen LogP contribution in [0.15, 0.2) is 29.4 Å². The Kier molecular flexibility index (Phi) is 4.26. The zero-order chi connectivity index (χ0) is 12.9. The molecule has 2 N–H and O–H groups in total. The Morgan fingerprint density at radius 2 is 1.82 bits per heavy atom. The van der Waals surface area contributed by atoms with Gasteiger partial charge in [-0.25, -0.2) is 10.2 Å². The number of benzene rings is 1. The van der Waals surface area contributed by atoms with Crippen molar-refractivity contribution >= 4 is 12.2 Å². The Labute approximate surface area is 102 Å². The fourth-order valence-corrected chi connectivity index (χ4v) is 1.19. The van der Waals surface area contributed by atoms with Crippen molar-refractivity contribution in [3.8, 4) is 0 Å². The summed E-state index contributed by atoms with van der Waals surface area (Å²) < 4.78 is 0. The minimum atomic E-state index is -0.305. The average Bonchev–Trinajstić information content (AvgIpc) is 2.18. The lowest BCUT2D eigenvalue weighted by molar-refractivity contribution is 0.232. The maximum Gasteiger partial charge on any atom is 0.335 e. The first kappa shape index (κ1) is 13.2. The van der Waals surface area contributed by atoms with Gasteiger partial charge >= 0.3 is 6.03 Å². The molecule has 0 saturated heterocycles. The summed E-state index contributed by atoms with van der Waals surface area (Å²) in [4.78, 5) is 11.4. The van der Waals surface area contributed by atoms with E-state index in [1.54, 1.807) is 6.21 Å². The van der Waals surface area contributed by atoms with Crippen LogP contribution in [0.3, 0.4) is 0 Å². The molecule has 0 bridgehead atoms. The van der Waals surface area contributed by atoms with Crippen LogP contribution in [-0.4, -0.2) is 17.8 Å². The molecule has 4 nitrogen and oxygen atoms in total. The van der Waals surface area contributed by atoms with E-state index in [0.717, 1.165) is 5.56 Å². The number of nitrogens with zero attached hydrogens (tertiary/aromatic N) is 1. The van der Waals surface area contributed by atoms with Crippen LogP contribution in [0.1, 0.15) is 31.9 Å². The molecule has 0 aliphatic carbocycles. The standard InChI is InChI=1S/C13H19N3O/c1-10-5-7-11(8-6-10)9-14-16-12(17)15-13(2,3)4/h5-9H,1-4H3,(H2,15,16,17)/b14-9+. The monoisotopic (exact) mass is 233 g/mol. The Balaban J connectivity index is 2.45. The van der Waals surface area contributed by atoms with Crippen LogP contribution in [0.4, 0.5) is 4.79 Å². The lowest BCUT2D eigenvalue weighted by atomic mass is 10.1. The molecule has 2 amide bonds. The molecular weight excluding hydrogens is 214 g/mol. The predicted octanol–water partition coefficient (Wildman–Crippen LogP) is 2.43. The average molecular weight is 233 g/mol. The maximum absolute atomic E-state index is 11.4. The molecule has 0 aromatic heterocycles. The summed E-state index contributed by atoms with van der Waals surface area (Å²) in [6.07, 6.45) is 1.61. The van der Waals surface area contributed by atoms with E-state index < -0.39 is 0 Å². The minimum absolute atomic E-state index is 0.260. The lowest BCUT2D eigenvalue weighted by Gasteiger charge is -2.19. The molecule has 4 heteroatoms. The number of hydrogen-bond acceptors (Lipinski definition) is 2. The molecule has 1 rings (SSSR count). The van der Waals surface area contributed by atoms with Gasteiger partial charge < -0.3 is 5.32 Å². The van der Waals surface area contributed by atoms with Gasteiger partial charge in [-0.05, 0) is 33.3 Å². The SMILES string of the molecule is Cc1ccc(/C=N/NC(=O)NC(C)(C)C)cc1. The number of nitrogens with one attached hydrogen (secondary N) is 2. The van der Waals surface area contributed by atoms with E-state index in [9.17, 15) is 4.79 Å². The summed E-state index contributed by atoms with van der Waals surface area (Å²) >= 11 is 0. The lowest BCUT2D eigenvalue weighted by Crippen LogP contribution is -2.44. The molecule has 0 fully saturated rings. The van der Waals surface area contributed by atoms with Crippen LogP contribution in [0.2, 0.25) is 0 Å². The molecule has 92 valence electrons. The van der Waals surface area contributed by atoms with Gasteiger partial charge in [-0.1, -0.05) is 29.8 Å². The van der Waals surface area contributed by atoms with Crippen LogP contribution >= 0.6 is 0 Å². The van der Waals surface area contributed by atoms with E-state index in [0.29, 0.717) is 0 Å². The van der Waals surface area contributed by atoms with Crippen molar-refractivity contribution in [1.29, 1.82) is 0 Å². The third-order valence-corrected chi connectivity index (χ3v) is 1.95. The summed E-state index contributed by atoms with van der Waals surface area (Å²) in [6.45, 7) is 7.76. The van der Waals surface area contributed by atoms with E-state index in [1.807, 2.05) is 52.0 Å². The fourth-order valence-electron chi connectivity index (χ4n) is 1.19.